The van der Waals surface area contributed by atoms with E-state index in [9.17, 15) is 4.79 Å². The molecule has 0 aliphatic heterocycles. The van der Waals surface area contributed by atoms with Gasteiger partial charge in [0.15, 0.2) is 0 Å². The molecule has 0 atom stereocenters. The normalized spacial score (nSPS) is 10.6. The predicted molar refractivity (Wildman–Crippen MR) is 62.1 cm³/mol. The molecule has 0 aliphatic carbocycles. The zero-order valence-electron chi connectivity index (χ0n) is 8.43. The number of esters is 1. The van der Waals surface area contributed by atoms with Crippen molar-refractivity contribution < 1.29 is 9.53 Å². The van der Waals surface area contributed by atoms with Crippen LogP contribution in [0.3, 0.4) is 0 Å². The monoisotopic (exact) mass is 267 g/mol. The molecule has 0 radical (unpaired) electrons. The lowest BCUT2D eigenvalue weighted by molar-refractivity contribution is 0.0603. The van der Waals surface area contributed by atoms with Crippen molar-refractivity contribution in [3.63, 3.8) is 0 Å². The molecule has 0 unspecified atom stereocenters. The molecule has 15 heavy (non-hydrogen) atoms. The van der Waals surface area contributed by atoms with Gasteiger partial charge in [-0.2, -0.15) is 0 Å². The molecule has 1 N–H and O–H groups in total. The molecule has 1 aromatic carbocycles. The molecular formula is C11H10BrNO2. The van der Waals surface area contributed by atoms with Gasteiger partial charge in [-0.15, -0.1) is 0 Å². The van der Waals surface area contributed by atoms with E-state index in [1.54, 1.807) is 6.20 Å². The van der Waals surface area contributed by atoms with Crippen molar-refractivity contribution in [3.05, 3.63) is 33.9 Å². The Bertz CT molecular complexity index is 531. The van der Waals surface area contributed by atoms with Gasteiger partial charge in [0.25, 0.3) is 0 Å². The SMILES string of the molecule is COC(=O)c1c[nH]c2c(Br)cc(C)cc12. The summed E-state index contributed by atoms with van der Waals surface area (Å²) in [4.78, 5) is 14.5. The number of benzene rings is 1. The standard InChI is InChI=1S/C11H10BrNO2/c1-6-3-7-8(11(14)15-2)5-13-10(7)9(12)4-6/h3-5,13H,1-2H3. The third-order valence-corrected chi connectivity index (χ3v) is 2.92. The number of aryl methyl sites for hydroxylation is 1. The average Bonchev–Trinajstić information content (AvgIpc) is 2.60. The molecular weight excluding hydrogens is 258 g/mol. The summed E-state index contributed by atoms with van der Waals surface area (Å²) >= 11 is 3.45. The second kappa shape index (κ2) is 3.70. The molecule has 78 valence electrons. The summed E-state index contributed by atoms with van der Waals surface area (Å²) in [6, 6.07) is 3.96. The number of hydrogen-bond donors (Lipinski definition) is 1. The van der Waals surface area contributed by atoms with Gasteiger partial charge in [0.05, 0.1) is 18.2 Å². The van der Waals surface area contributed by atoms with Crippen LogP contribution < -0.4 is 0 Å². The zero-order valence-corrected chi connectivity index (χ0v) is 10.0. The summed E-state index contributed by atoms with van der Waals surface area (Å²) < 4.78 is 5.66. The van der Waals surface area contributed by atoms with E-state index in [0.29, 0.717) is 5.56 Å². The maximum atomic E-state index is 11.5. The fourth-order valence-electron chi connectivity index (χ4n) is 1.60. The van der Waals surface area contributed by atoms with Crippen LogP contribution in [-0.2, 0) is 4.74 Å². The lowest BCUT2D eigenvalue weighted by Crippen LogP contribution is -1.99. The number of nitrogens with one attached hydrogen (secondary N) is 1. The fourth-order valence-corrected chi connectivity index (χ4v) is 2.29. The summed E-state index contributed by atoms with van der Waals surface area (Å²) in [5.74, 6) is -0.321. The molecule has 1 aromatic heterocycles. The van der Waals surface area contributed by atoms with Crippen LogP contribution in [0, 0.1) is 6.92 Å². The molecule has 0 amide bonds. The number of aromatic amines is 1. The first-order valence-electron chi connectivity index (χ1n) is 4.49. The van der Waals surface area contributed by atoms with Crippen molar-refractivity contribution in [2.75, 3.05) is 7.11 Å². The number of H-pyrrole nitrogens is 1. The zero-order chi connectivity index (χ0) is 11.0. The lowest BCUT2D eigenvalue weighted by Gasteiger charge is -2.00. The highest BCUT2D eigenvalue weighted by molar-refractivity contribution is 9.10. The van der Waals surface area contributed by atoms with Crippen LogP contribution in [0.4, 0.5) is 0 Å². The fraction of sp³-hybridized carbons (Fsp3) is 0.182. The minimum absolute atomic E-state index is 0.321. The number of carbonyl (C=O) groups is 1. The van der Waals surface area contributed by atoms with Crippen molar-refractivity contribution >= 4 is 32.8 Å². The number of aromatic nitrogens is 1. The quantitative estimate of drug-likeness (QED) is 0.808. The molecule has 0 saturated carbocycles. The Morgan fingerprint density at radius 2 is 2.20 bits per heavy atom. The average molecular weight is 268 g/mol. The summed E-state index contributed by atoms with van der Waals surface area (Å²) in [5.41, 5.74) is 2.58. The highest BCUT2D eigenvalue weighted by atomic mass is 79.9. The highest BCUT2D eigenvalue weighted by Crippen LogP contribution is 2.27. The minimum Gasteiger partial charge on any atom is -0.465 e. The number of fused-ring (bicyclic) bond motifs is 1. The second-order valence-electron chi connectivity index (χ2n) is 3.36. The number of rotatable bonds is 1. The second-order valence-corrected chi connectivity index (χ2v) is 4.22. The van der Waals surface area contributed by atoms with Gasteiger partial charge < -0.3 is 9.72 Å². The molecule has 0 bridgehead atoms. The van der Waals surface area contributed by atoms with Crippen molar-refractivity contribution in [3.8, 4) is 0 Å². The predicted octanol–water partition coefficient (Wildman–Crippen LogP) is 3.03. The smallest absolute Gasteiger partial charge is 0.340 e. The van der Waals surface area contributed by atoms with Crippen LogP contribution in [0.1, 0.15) is 15.9 Å². The Morgan fingerprint density at radius 3 is 2.87 bits per heavy atom. The molecule has 3 nitrogen and oxygen atoms in total. The van der Waals surface area contributed by atoms with E-state index in [0.717, 1.165) is 20.9 Å². The van der Waals surface area contributed by atoms with E-state index in [-0.39, 0.29) is 5.97 Å². The number of methoxy groups -OCH3 is 1. The Morgan fingerprint density at radius 1 is 1.47 bits per heavy atom. The van der Waals surface area contributed by atoms with Crippen molar-refractivity contribution in [2.45, 2.75) is 6.92 Å². The van der Waals surface area contributed by atoms with E-state index in [1.165, 1.54) is 7.11 Å². The van der Waals surface area contributed by atoms with E-state index in [4.69, 9.17) is 4.74 Å². The molecule has 0 fully saturated rings. The first-order chi connectivity index (χ1) is 7.13. The first-order valence-corrected chi connectivity index (χ1v) is 5.28. The van der Waals surface area contributed by atoms with Crippen molar-refractivity contribution in [2.24, 2.45) is 0 Å². The molecule has 4 heteroatoms. The Balaban J connectivity index is 2.74. The van der Waals surface area contributed by atoms with Crippen LogP contribution in [0.2, 0.25) is 0 Å². The molecule has 0 spiro atoms. The van der Waals surface area contributed by atoms with Gasteiger partial charge in [0.1, 0.15) is 0 Å². The third kappa shape index (κ3) is 1.65. The van der Waals surface area contributed by atoms with Gasteiger partial charge in [0.2, 0.25) is 0 Å². The Hall–Kier alpha value is -1.29. The maximum Gasteiger partial charge on any atom is 0.340 e. The van der Waals surface area contributed by atoms with Crippen molar-refractivity contribution in [1.29, 1.82) is 0 Å². The van der Waals surface area contributed by atoms with Gasteiger partial charge in [-0.1, -0.05) is 0 Å². The molecule has 2 rings (SSSR count). The van der Waals surface area contributed by atoms with Gasteiger partial charge in [-0.3, -0.25) is 0 Å². The highest BCUT2D eigenvalue weighted by Gasteiger charge is 2.13. The maximum absolute atomic E-state index is 11.5. The van der Waals surface area contributed by atoms with Gasteiger partial charge >= 0.3 is 5.97 Å². The van der Waals surface area contributed by atoms with Gasteiger partial charge in [0, 0.05) is 16.1 Å². The van der Waals surface area contributed by atoms with E-state index in [2.05, 4.69) is 20.9 Å². The minimum atomic E-state index is -0.321. The van der Waals surface area contributed by atoms with Crippen LogP contribution in [-0.4, -0.2) is 18.1 Å². The number of carbonyl (C=O) groups excluding carboxylic acids is 1. The van der Waals surface area contributed by atoms with Crippen LogP contribution in [0.25, 0.3) is 10.9 Å². The first kappa shape index (κ1) is 10.2. The van der Waals surface area contributed by atoms with Crippen LogP contribution in [0.5, 0.6) is 0 Å². The summed E-state index contributed by atoms with van der Waals surface area (Å²) in [5, 5.41) is 0.883. The molecule has 0 aliphatic rings. The third-order valence-electron chi connectivity index (χ3n) is 2.29. The van der Waals surface area contributed by atoms with Crippen molar-refractivity contribution in [1.82, 2.24) is 4.98 Å². The summed E-state index contributed by atoms with van der Waals surface area (Å²) in [6.45, 7) is 1.98. The van der Waals surface area contributed by atoms with Crippen LogP contribution >= 0.6 is 15.9 Å². The topological polar surface area (TPSA) is 42.1 Å². The molecule has 2 aromatic rings. The molecule has 0 saturated heterocycles. The van der Waals surface area contributed by atoms with Gasteiger partial charge in [-0.25, -0.2) is 4.79 Å². The number of halogens is 1. The van der Waals surface area contributed by atoms with Crippen LogP contribution in [0.15, 0.2) is 22.8 Å². The molecule has 1 heterocycles. The lowest BCUT2D eigenvalue weighted by atomic mass is 10.1. The van der Waals surface area contributed by atoms with Gasteiger partial charge in [-0.05, 0) is 40.5 Å². The van der Waals surface area contributed by atoms with E-state index < -0.39 is 0 Å². The van der Waals surface area contributed by atoms with E-state index in [1.807, 2.05) is 19.1 Å². The van der Waals surface area contributed by atoms with E-state index >= 15 is 0 Å². The Labute approximate surface area is 95.6 Å². The number of hydrogen-bond acceptors (Lipinski definition) is 2. The largest absolute Gasteiger partial charge is 0.465 e. The summed E-state index contributed by atoms with van der Waals surface area (Å²) in [6.07, 6.45) is 1.67. The summed E-state index contributed by atoms with van der Waals surface area (Å²) in [7, 11) is 1.38. The Kier molecular flexibility index (Phi) is 2.52. The number of ether oxygens (including phenoxy) is 1.